The molecular formula is C17H21NO2. The van der Waals surface area contributed by atoms with Crippen molar-refractivity contribution in [1.29, 1.82) is 0 Å². The smallest absolute Gasteiger partial charge is 0.218 e. The van der Waals surface area contributed by atoms with E-state index in [1.54, 1.807) is 14.1 Å². The molecule has 0 unspecified atom stereocenters. The molecule has 2 aliphatic rings. The van der Waals surface area contributed by atoms with Gasteiger partial charge in [-0.15, -0.1) is 0 Å². The Kier molecular flexibility index (Phi) is 4.38. The van der Waals surface area contributed by atoms with E-state index in [9.17, 15) is 9.59 Å². The molecule has 3 heteroatoms. The lowest BCUT2D eigenvalue weighted by Crippen LogP contribution is -2.17. The van der Waals surface area contributed by atoms with Crippen LogP contribution < -0.4 is 0 Å². The van der Waals surface area contributed by atoms with Crippen LogP contribution in [0.15, 0.2) is 29.8 Å². The van der Waals surface area contributed by atoms with Crippen LogP contribution in [0, 0.1) is 0 Å². The van der Waals surface area contributed by atoms with E-state index in [2.05, 4.69) is 6.07 Å². The number of hydrogen-bond donors (Lipinski definition) is 0. The summed E-state index contributed by atoms with van der Waals surface area (Å²) in [5, 5.41) is 0. The fraction of sp³-hybridized carbons (Fsp3) is 0.412. The summed E-state index contributed by atoms with van der Waals surface area (Å²) in [5.74, 6) is 0.380. The Hall–Kier alpha value is -1.90. The summed E-state index contributed by atoms with van der Waals surface area (Å²) in [5.41, 5.74) is 4.56. The molecule has 1 amide bonds. The first-order valence-electron chi connectivity index (χ1n) is 7.06. The molecule has 20 heavy (non-hydrogen) atoms. The number of ketones is 1. The monoisotopic (exact) mass is 271 g/mol. The molecule has 106 valence electrons. The van der Waals surface area contributed by atoms with E-state index in [1.165, 1.54) is 35.8 Å². The van der Waals surface area contributed by atoms with E-state index < -0.39 is 0 Å². The normalized spacial score (nSPS) is 16.1. The Morgan fingerprint density at radius 1 is 1.00 bits per heavy atom. The molecule has 3 nitrogen and oxygen atoms in total. The minimum atomic E-state index is 0.0926. The van der Waals surface area contributed by atoms with Crippen LogP contribution in [0.2, 0.25) is 0 Å². The maximum atomic E-state index is 12.0. The van der Waals surface area contributed by atoms with E-state index in [4.69, 9.17) is 0 Å². The van der Waals surface area contributed by atoms with Gasteiger partial charge in [-0.05, 0) is 36.8 Å². The first-order chi connectivity index (χ1) is 9.52. The minimum Gasteiger partial charge on any atom is -0.349 e. The molecule has 0 heterocycles. The molecule has 0 aromatic heterocycles. The third-order valence-electron chi connectivity index (χ3n) is 3.87. The molecular weight excluding hydrogens is 250 g/mol. The van der Waals surface area contributed by atoms with Crippen molar-refractivity contribution >= 4 is 17.3 Å². The number of rotatable bonds is 0. The highest BCUT2D eigenvalue weighted by molar-refractivity contribution is 6.20. The molecule has 0 fully saturated rings. The van der Waals surface area contributed by atoms with Crippen molar-refractivity contribution in [2.75, 3.05) is 14.1 Å². The number of fused-ring (bicyclic) bond motifs is 2. The molecule has 1 aromatic rings. The van der Waals surface area contributed by atoms with E-state index in [-0.39, 0.29) is 11.7 Å². The third kappa shape index (κ3) is 2.82. The van der Waals surface area contributed by atoms with Gasteiger partial charge in [0.15, 0.2) is 5.78 Å². The SMILES string of the molecule is CC(=O)N(C)C.O=C1C2=C(CCCC2)c2ccccc21. The fourth-order valence-corrected chi connectivity index (χ4v) is 2.56. The molecule has 0 saturated heterocycles. The second kappa shape index (κ2) is 6.04. The third-order valence-corrected chi connectivity index (χ3v) is 3.87. The molecule has 0 atom stereocenters. The van der Waals surface area contributed by atoms with Crippen LogP contribution >= 0.6 is 0 Å². The van der Waals surface area contributed by atoms with Crippen molar-refractivity contribution < 1.29 is 9.59 Å². The quantitative estimate of drug-likeness (QED) is 0.726. The van der Waals surface area contributed by atoms with Crippen LogP contribution in [0.5, 0.6) is 0 Å². The number of Topliss-reactive ketones (excluding diaryl/α,β-unsaturated/α-hetero) is 1. The summed E-state index contributed by atoms with van der Waals surface area (Å²) >= 11 is 0. The van der Waals surface area contributed by atoms with Gasteiger partial charge in [-0.1, -0.05) is 24.3 Å². The highest BCUT2D eigenvalue weighted by atomic mass is 16.2. The van der Waals surface area contributed by atoms with Gasteiger partial charge in [0, 0.05) is 32.2 Å². The van der Waals surface area contributed by atoms with Gasteiger partial charge in [0.2, 0.25) is 5.91 Å². The summed E-state index contributed by atoms with van der Waals surface area (Å²) in [7, 11) is 3.45. The van der Waals surface area contributed by atoms with Crippen molar-refractivity contribution in [3.8, 4) is 0 Å². The predicted molar refractivity (Wildman–Crippen MR) is 80.5 cm³/mol. The number of nitrogens with zero attached hydrogens (tertiary/aromatic N) is 1. The highest BCUT2D eigenvalue weighted by Crippen LogP contribution is 2.40. The minimum absolute atomic E-state index is 0.0926. The summed E-state index contributed by atoms with van der Waals surface area (Å²) in [4.78, 5) is 23.6. The van der Waals surface area contributed by atoms with Gasteiger partial charge in [0.25, 0.3) is 0 Å². The van der Waals surface area contributed by atoms with Crippen molar-refractivity contribution in [3.05, 3.63) is 41.0 Å². The van der Waals surface area contributed by atoms with Gasteiger partial charge in [0.05, 0.1) is 0 Å². The first-order valence-corrected chi connectivity index (χ1v) is 7.06. The van der Waals surface area contributed by atoms with Gasteiger partial charge >= 0.3 is 0 Å². The Morgan fingerprint density at radius 2 is 1.50 bits per heavy atom. The van der Waals surface area contributed by atoms with Gasteiger partial charge in [-0.25, -0.2) is 0 Å². The summed E-state index contributed by atoms with van der Waals surface area (Å²) < 4.78 is 0. The molecule has 0 N–H and O–H groups in total. The Balaban J connectivity index is 0.000000212. The molecule has 0 radical (unpaired) electrons. The van der Waals surface area contributed by atoms with Crippen LogP contribution in [0.25, 0.3) is 5.57 Å². The second-order valence-electron chi connectivity index (χ2n) is 5.45. The largest absolute Gasteiger partial charge is 0.349 e. The predicted octanol–water partition coefficient (Wildman–Crippen LogP) is 3.31. The van der Waals surface area contributed by atoms with Crippen molar-refractivity contribution in [2.45, 2.75) is 32.6 Å². The molecule has 1 aromatic carbocycles. The molecule has 2 aliphatic carbocycles. The summed E-state index contributed by atoms with van der Waals surface area (Å²) in [6.07, 6.45) is 4.50. The van der Waals surface area contributed by atoms with Crippen LogP contribution in [0.4, 0.5) is 0 Å². The lowest BCUT2D eigenvalue weighted by molar-refractivity contribution is -0.126. The molecule has 0 spiro atoms. The Labute approximate surface area is 120 Å². The van der Waals surface area contributed by atoms with Gasteiger partial charge in [-0.2, -0.15) is 0 Å². The van der Waals surface area contributed by atoms with Gasteiger partial charge in [0.1, 0.15) is 0 Å². The number of hydrogen-bond acceptors (Lipinski definition) is 2. The van der Waals surface area contributed by atoms with Crippen molar-refractivity contribution in [3.63, 3.8) is 0 Å². The average molecular weight is 271 g/mol. The lowest BCUT2D eigenvalue weighted by Gasteiger charge is -2.12. The first kappa shape index (κ1) is 14.5. The van der Waals surface area contributed by atoms with Gasteiger partial charge in [-0.3, -0.25) is 9.59 Å². The number of amides is 1. The zero-order valence-corrected chi connectivity index (χ0v) is 12.4. The van der Waals surface area contributed by atoms with E-state index in [0.717, 1.165) is 24.0 Å². The Bertz CT molecular complexity index is 570. The molecule has 0 aliphatic heterocycles. The van der Waals surface area contributed by atoms with Crippen LogP contribution in [0.3, 0.4) is 0 Å². The average Bonchev–Trinajstić information content (AvgIpc) is 2.74. The number of benzene rings is 1. The standard InChI is InChI=1S/C13H12O.C4H9NO/c14-13-11-7-3-1-5-9(11)10-6-2-4-8-12(10)13;1-4(6)5(2)3/h1,3,5,7H,2,4,6,8H2;1-3H3. The van der Waals surface area contributed by atoms with E-state index in [0.29, 0.717) is 0 Å². The number of carbonyl (C=O) groups is 2. The molecule has 3 rings (SSSR count). The Morgan fingerprint density at radius 3 is 2.05 bits per heavy atom. The van der Waals surface area contributed by atoms with Crippen LogP contribution in [-0.2, 0) is 4.79 Å². The highest BCUT2D eigenvalue weighted by Gasteiger charge is 2.29. The van der Waals surface area contributed by atoms with Crippen molar-refractivity contribution in [2.24, 2.45) is 0 Å². The van der Waals surface area contributed by atoms with Crippen LogP contribution in [0.1, 0.15) is 48.5 Å². The number of carbonyl (C=O) groups excluding carboxylic acids is 2. The maximum absolute atomic E-state index is 12.0. The summed E-state index contributed by atoms with van der Waals surface area (Å²) in [6, 6.07) is 8.02. The zero-order valence-electron chi connectivity index (χ0n) is 12.4. The fourth-order valence-electron chi connectivity index (χ4n) is 2.56. The van der Waals surface area contributed by atoms with Crippen molar-refractivity contribution in [1.82, 2.24) is 4.90 Å². The topological polar surface area (TPSA) is 37.4 Å². The van der Waals surface area contributed by atoms with Crippen LogP contribution in [-0.4, -0.2) is 30.7 Å². The molecule has 0 bridgehead atoms. The summed E-state index contributed by atoms with van der Waals surface area (Å²) in [6.45, 7) is 1.53. The maximum Gasteiger partial charge on any atom is 0.218 e. The van der Waals surface area contributed by atoms with E-state index >= 15 is 0 Å². The van der Waals surface area contributed by atoms with E-state index in [1.807, 2.05) is 18.2 Å². The lowest BCUT2D eigenvalue weighted by atomic mass is 9.92. The zero-order chi connectivity index (χ0) is 14.7. The van der Waals surface area contributed by atoms with Gasteiger partial charge < -0.3 is 4.90 Å². The second-order valence-corrected chi connectivity index (χ2v) is 5.45. The molecule has 0 saturated carbocycles. The number of allylic oxidation sites excluding steroid dienone is 2.